The van der Waals surface area contributed by atoms with E-state index in [4.69, 9.17) is 9.47 Å². The standard InChI is InChI=1S/C22H22N4O3S/c1-14-12-23-17(15(2)20(14)29-4)13-30(27)22-25-21-18(10-11-19(24-21)28-3)26(22)16-8-6-5-7-9-16/h5-12H,13H2,1-4H3. The SMILES string of the molecule is COc1ccc2c(n1)nc(S(=O)Cc1ncc(C)c(OC)c1C)n2-c1ccccc1. The number of pyridine rings is 2. The molecule has 0 N–H and O–H groups in total. The van der Waals surface area contributed by atoms with Crippen molar-refractivity contribution in [3.8, 4) is 17.3 Å². The van der Waals surface area contributed by atoms with E-state index in [0.29, 0.717) is 22.4 Å². The van der Waals surface area contributed by atoms with Gasteiger partial charge in [0, 0.05) is 29.1 Å². The third-order valence-corrected chi connectivity index (χ3v) is 6.12. The zero-order valence-corrected chi connectivity index (χ0v) is 18.1. The summed E-state index contributed by atoms with van der Waals surface area (Å²) in [6.45, 7) is 3.87. The van der Waals surface area contributed by atoms with Crippen LogP contribution in [0.2, 0.25) is 0 Å². The molecule has 1 aromatic carbocycles. The number of nitrogens with zero attached hydrogens (tertiary/aromatic N) is 4. The molecular formula is C22H22N4O3S. The fourth-order valence-electron chi connectivity index (χ4n) is 3.42. The van der Waals surface area contributed by atoms with Gasteiger partial charge in [-0.2, -0.15) is 9.97 Å². The van der Waals surface area contributed by atoms with Crippen LogP contribution in [0.3, 0.4) is 0 Å². The highest BCUT2D eigenvalue weighted by molar-refractivity contribution is 7.84. The normalized spacial score (nSPS) is 12.1. The Balaban J connectivity index is 1.83. The highest BCUT2D eigenvalue weighted by Gasteiger charge is 2.21. The monoisotopic (exact) mass is 422 g/mol. The second-order valence-electron chi connectivity index (χ2n) is 6.80. The highest BCUT2D eigenvalue weighted by Crippen LogP contribution is 2.28. The van der Waals surface area contributed by atoms with Gasteiger partial charge in [-0.1, -0.05) is 18.2 Å². The topological polar surface area (TPSA) is 79.1 Å². The van der Waals surface area contributed by atoms with E-state index in [1.807, 2.05) is 54.8 Å². The third kappa shape index (κ3) is 3.54. The second-order valence-corrected chi connectivity index (χ2v) is 8.14. The van der Waals surface area contributed by atoms with Gasteiger partial charge in [-0.15, -0.1) is 0 Å². The molecule has 154 valence electrons. The first-order valence-corrected chi connectivity index (χ1v) is 10.7. The van der Waals surface area contributed by atoms with Crippen molar-refractivity contribution in [3.63, 3.8) is 0 Å². The van der Waals surface area contributed by atoms with Crippen LogP contribution in [0.25, 0.3) is 16.9 Å². The fourth-order valence-corrected chi connectivity index (χ4v) is 4.69. The van der Waals surface area contributed by atoms with E-state index in [1.165, 1.54) is 0 Å². The quantitative estimate of drug-likeness (QED) is 0.471. The Kier molecular flexibility index (Phi) is 5.50. The number of hydrogen-bond acceptors (Lipinski definition) is 6. The number of para-hydroxylation sites is 1. The van der Waals surface area contributed by atoms with E-state index in [0.717, 1.165) is 28.1 Å². The molecule has 3 heterocycles. The molecule has 0 aliphatic heterocycles. The van der Waals surface area contributed by atoms with Crippen LogP contribution in [0, 0.1) is 13.8 Å². The Morgan fingerprint density at radius 1 is 1.00 bits per heavy atom. The summed E-state index contributed by atoms with van der Waals surface area (Å²) in [7, 11) is 1.72. The number of ether oxygens (including phenoxy) is 2. The molecule has 4 rings (SSSR count). The maximum atomic E-state index is 13.5. The predicted molar refractivity (Wildman–Crippen MR) is 116 cm³/mol. The fraction of sp³-hybridized carbons (Fsp3) is 0.227. The summed E-state index contributed by atoms with van der Waals surface area (Å²) in [5.74, 6) is 1.44. The maximum absolute atomic E-state index is 13.5. The number of imidazole rings is 1. The van der Waals surface area contributed by atoms with Crippen molar-refractivity contribution in [1.82, 2.24) is 19.5 Å². The van der Waals surface area contributed by atoms with Crippen molar-refractivity contribution < 1.29 is 13.7 Å². The van der Waals surface area contributed by atoms with Crippen molar-refractivity contribution >= 4 is 22.0 Å². The van der Waals surface area contributed by atoms with E-state index >= 15 is 0 Å². The smallest absolute Gasteiger partial charge is 0.215 e. The molecule has 30 heavy (non-hydrogen) atoms. The first-order valence-electron chi connectivity index (χ1n) is 9.39. The van der Waals surface area contributed by atoms with E-state index < -0.39 is 10.8 Å². The molecule has 0 fully saturated rings. The molecular weight excluding hydrogens is 400 g/mol. The van der Waals surface area contributed by atoms with Crippen molar-refractivity contribution in [2.45, 2.75) is 24.8 Å². The van der Waals surface area contributed by atoms with Crippen molar-refractivity contribution in [2.75, 3.05) is 14.2 Å². The summed E-state index contributed by atoms with van der Waals surface area (Å²) in [6.07, 6.45) is 1.74. The van der Waals surface area contributed by atoms with Gasteiger partial charge in [0.2, 0.25) is 11.0 Å². The first kappa shape index (κ1) is 20.0. The van der Waals surface area contributed by atoms with Crippen LogP contribution in [0.5, 0.6) is 11.6 Å². The number of aryl methyl sites for hydroxylation is 1. The predicted octanol–water partition coefficient (Wildman–Crippen LogP) is 3.76. The molecule has 0 radical (unpaired) electrons. The van der Waals surface area contributed by atoms with Gasteiger partial charge >= 0.3 is 0 Å². The number of aromatic nitrogens is 4. The van der Waals surface area contributed by atoms with Crippen LogP contribution >= 0.6 is 0 Å². The minimum Gasteiger partial charge on any atom is -0.496 e. The second kappa shape index (κ2) is 8.23. The van der Waals surface area contributed by atoms with Gasteiger partial charge in [-0.25, -0.2) is 0 Å². The lowest BCUT2D eigenvalue weighted by Gasteiger charge is -2.13. The van der Waals surface area contributed by atoms with Crippen molar-refractivity contribution in [2.24, 2.45) is 0 Å². The minimum absolute atomic E-state index is 0.218. The zero-order chi connectivity index (χ0) is 21.3. The molecule has 0 amide bonds. The van der Waals surface area contributed by atoms with Crippen LogP contribution in [-0.2, 0) is 16.6 Å². The lowest BCUT2D eigenvalue weighted by atomic mass is 10.1. The van der Waals surface area contributed by atoms with Crippen LogP contribution in [0.1, 0.15) is 16.8 Å². The van der Waals surface area contributed by atoms with Gasteiger partial charge in [0.1, 0.15) is 5.75 Å². The largest absolute Gasteiger partial charge is 0.496 e. The molecule has 0 saturated carbocycles. The average molecular weight is 423 g/mol. The molecule has 0 spiro atoms. The van der Waals surface area contributed by atoms with Gasteiger partial charge in [0.05, 0.1) is 42.0 Å². The Hall–Kier alpha value is -3.26. The third-order valence-electron chi connectivity index (χ3n) is 4.91. The summed E-state index contributed by atoms with van der Waals surface area (Å²) >= 11 is 0. The lowest BCUT2D eigenvalue weighted by Crippen LogP contribution is -2.09. The molecule has 3 aromatic heterocycles. The van der Waals surface area contributed by atoms with Gasteiger partial charge in [0.15, 0.2) is 5.65 Å². The Morgan fingerprint density at radius 3 is 2.47 bits per heavy atom. The molecule has 1 atom stereocenters. The highest BCUT2D eigenvalue weighted by atomic mass is 32.2. The molecule has 8 heteroatoms. The van der Waals surface area contributed by atoms with Gasteiger partial charge < -0.3 is 9.47 Å². The molecule has 0 aliphatic rings. The lowest BCUT2D eigenvalue weighted by molar-refractivity contribution is 0.399. The number of fused-ring (bicyclic) bond motifs is 1. The number of methoxy groups -OCH3 is 2. The Morgan fingerprint density at radius 2 is 1.77 bits per heavy atom. The Bertz CT molecular complexity index is 1240. The number of hydrogen-bond donors (Lipinski definition) is 0. The Labute approximate surface area is 177 Å². The van der Waals surface area contributed by atoms with Crippen LogP contribution < -0.4 is 9.47 Å². The summed E-state index contributed by atoms with van der Waals surface area (Å²) in [6, 6.07) is 13.3. The van der Waals surface area contributed by atoms with E-state index in [1.54, 1.807) is 26.5 Å². The van der Waals surface area contributed by atoms with E-state index in [2.05, 4.69) is 15.0 Å². The molecule has 1 unspecified atom stereocenters. The summed E-state index contributed by atoms with van der Waals surface area (Å²) < 4.78 is 26.0. The number of rotatable bonds is 6. The minimum atomic E-state index is -1.46. The molecule has 0 saturated heterocycles. The van der Waals surface area contributed by atoms with E-state index in [9.17, 15) is 4.21 Å². The van der Waals surface area contributed by atoms with Crippen LogP contribution in [0.4, 0.5) is 0 Å². The molecule has 4 aromatic rings. The zero-order valence-electron chi connectivity index (χ0n) is 17.2. The summed E-state index contributed by atoms with van der Waals surface area (Å²) in [5.41, 5.74) is 4.64. The maximum Gasteiger partial charge on any atom is 0.215 e. The number of benzene rings is 1. The van der Waals surface area contributed by atoms with E-state index in [-0.39, 0.29) is 5.75 Å². The van der Waals surface area contributed by atoms with Crippen LogP contribution in [0.15, 0.2) is 53.8 Å². The molecule has 0 bridgehead atoms. The van der Waals surface area contributed by atoms with Crippen molar-refractivity contribution in [1.29, 1.82) is 0 Å². The van der Waals surface area contributed by atoms with Gasteiger partial charge in [-0.05, 0) is 32.0 Å². The molecule has 7 nitrogen and oxygen atoms in total. The van der Waals surface area contributed by atoms with Gasteiger partial charge in [0.25, 0.3) is 0 Å². The molecule has 0 aliphatic carbocycles. The first-order chi connectivity index (χ1) is 14.5. The summed E-state index contributed by atoms with van der Waals surface area (Å²) in [5, 5.41) is 0.415. The summed E-state index contributed by atoms with van der Waals surface area (Å²) in [4.78, 5) is 13.5. The van der Waals surface area contributed by atoms with Crippen LogP contribution in [-0.4, -0.2) is 37.9 Å². The van der Waals surface area contributed by atoms with Gasteiger partial charge in [-0.3, -0.25) is 13.8 Å². The average Bonchev–Trinajstić information content (AvgIpc) is 3.15. The van der Waals surface area contributed by atoms with Crippen molar-refractivity contribution in [3.05, 3.63) is 65.5 Å².